The number of likely N-dealkylation sites (N-methyl/N-ethyl adjacent to an activating group) is 1. The predicted molar refractivity (Wildman–Crippen MR) is 67.8 cm³/mol. The second kappa shape index (κ2) is 5.77. The first kappa shape index (κ1) is 15.1. The summed E-state index contributed by atoms with van der Waals surface area (Å²) in [4.78, 5) is 24.2. The van der Waals surface area contributed by atoms with Gasteiger partial charge in [0.2, 0.25) is 0 Å². The van der Waals surface area contributed by atoms with Gasteiger partial charge in [-0.3, -0.25) is 4.90 Å². The molecular formula is C13H19NO5. The van der Waals surface area contributed by atoms with Crippen LogP contribution in [0.1, 0.15) is 26.3 Å². The molecule has 1 N–H and O–H groups in total. The van der Waals surface area contributed by atoms with E-state index in [0.29, 0.717) is 5.56 Å². The smallest absolute Gasteiger partial charge is 0.410 e. The van der Waals surface area contributed by atoms with Crippen LogP contribution in [0.5, 0.6) is 0 Å². The van der Waals surface area contributed by atoms with Gasteiger partial charge in [-0.05, 0) is 32.4 Å². The summed E-state index contributed by atoms with van der Waals surface area (Å²) in [5.41, 5.74) is 0.0483. The molecule has 0 spiro atoms. The van der Waals surface area contributed by atoms with Crippen molar-refractivity contribution in [2.45, 2.75) is 38.8 Å². The van der Waals surface area contributed by atoms with Crippen LogP contribution in [-0.4, -0.2) is 40.8 Å². The SMILES string of the molecule is CN(C(=O)OC(C)(C)C)[C@@H](Cc1ccoc1)C(=O)O. The fourth-order valence-corrected chi connectivity index (χ4v) is 1.48. The lowest BCUT2D eigenvalue weighted by Crippen LogP contribution is -2.45. The van der Waals surface area contributed by atoms with E-state index in [1.54, 1.807) is 26.8 Å². The van der Waals surface area contributed by atoms with Gasteiger partial charge in [0.15, 0.2) is 0 Å². The van der Waals surface area contributed by atoms with E-state index in [1.807, 2.05) is 0 Å². The molecule has 1 aromatic heterocycles. The van der Waals surface area contributed by atoms with Gasteiger partial charge < -0.3 is 14.3 Å². The minimum absolute atomic E-state index is 0.168. The Labute approximate surface area is 112 Å². The largest absolute Gasteiger partial charge is 0.480 e. The molecule has 106 valence electrons. The van der Waals surface area contributed by atoms with E-state index in [-0.39, 0.29) is 6.42 Å². The summed E-state index contributed by atoms with van der Waals surface area (Å²) in [6, 6.07) is 0.672. The maximum absolute atomic E-state index is 11.8. The summed E-state index contributed by atoms with van der Waals surface area (Å²) in [7, 11) is 1.41. The van der Waals surface area contributed by atoms with Gasteiger partial charge in [0, 0.05) is 13.5 Å². The van der Waals surface area contributed by atoms with Gasteiger partial charge in [0.1, 0.15) is 11.6 Å². The van der Waals surface area contributed by atoms with Crippen molar-refractivity contribution in [3.63, 3.8) is 0 Å². The number of hydrogen-bond acceptors (Lipinski definition) is 4. The predicted octanol–water partition coefficient (Wildman–Crippen LogP) is 2.14. The molecular weight excluding hydrogens is 250 g/mol. The second-order valence-electron chi connectivity index (χ2n) is 5.28. The van der Waals surface area contributed by atoms with Crippen LogP contribution >= 0.6 is 0 Å². The number of amides is 1. The molecule has 0 unspecified atom stereocenters. The lowest BCUT2D eigenvalue weighted by Gasteiger charge is -2.28. The molecule has 6 nitrogen and oxygen atoms in total. The number of aliphatic carboxylic acids is 1. The van der Waals surface area contributed by atoms with E-state index in [1.165, 1.54) is 19.6 Å². The number of furan rings is 1. The highest BCUT2D eigenvalue weighted by Gasteiger charge is 2.30. The topological polar surface area (TPSA) is 80.0 Å². The summed E-state index contributed by atoms with van der Waals surface area (Å²) in [6.07, 6.45) is 2.42. The standard InChI is InChI=1S/C13H19NO5/c1-13(2,3)19-12(17)14(4)10(11(15)16)7-9-5-6-18-8-9/h5-6,8,10H,7H2,1-4H3,(H,15,16)/t10-/m0/s1. The molecule has 19 heavy (non-hydrogen) atoms. The minimum Gasteiger partial charge on any atom is -0.480 e. The van der Waals surface area contributed by atoms with Gasteiger partial charge in [-0.15, -0.1) is 0 Å². The molecule has 1 amide bonds. The molecule has 0 saturated carbocycles. The molecule has 0 aliphatic carbocycles. The van der Waals surface area contributed by atoms with Crippen LogP contribution in [0.2, 0.25) is 0 Å². The van der Waals surface area contributed by atoms with Crippen molar-refractivity contribution in [2.75, 3.05) is 7.05 Å². The number of rotatable bonds is 4. The van der Waals surface area contributed by atoms with E-state index in [2.05, 4.69) is 0 Å². The number of nitrogens with zero attached hydrogens (tertiary/aromatic N) is 1. The Morgan fingerprint density at radius 2 is 2.11 bits per heavy atom. The molecule has 1 aromatic rings. The summed E-state index contributed by atoms with van der Waals surface area (Å²) in [6.45, 7) is 5.18. The van der Waals surface area contributed by atoms with E-state index >= 15 is 0 Å². The Bertz CT molecular complexity index is 432. The molecule has 0 bridgehead atoms. The Hall–Kier alpha value is -1.98. The number of ether oxygens (including phenoxy) is 1. The lowest BCUT2D eigenvalue weighted by atomic mass is 10.1. The fraction of sp³-hybridized carbons (Fsp3) is 0.538. The number of carbonyl (C=O) groups excluding carboxylic acids is 1. The third-order valence-corrected chi connectivity index (χ3v) is 2.44. The number of carboxylic acid groups (broad SMARTS) is 1. The summed E-state index contributed by atoms with van der Waals surface area (Å²) in [5.74, 6) is -1.09. The molecule has 0 saturated heterocycles. The average molecular weight is 269 g/mol. The van der Waals surface area contributed by atoms with Crippen LogP contribution in [0.3, 0.4) is 0 Å². The fourth-order valence-electron chi connectivity index (χ4n) is 1.48. The maximum Gasteiger partial charge on any atom is 0.410 e. The molecule has 0 fully saturated rings. The molecule has 6 heteroatoms. The van der Waals surface area contributed by atoms with Crippen molar-refractivity contribution in [2.24, 2.45) is 0 Å². The van der Waals surface area contributed by atoms with Crippen molar-refractivity contribution in [3.05, 3.63) is 24.2 Å². The molecule has 1 heterocycles. The van der Waals surface area contributed by atoms with Gasteiger partial charge in [0.05, 0.1) is 12.5 Å². The average Bonchev–Trinajstić information content (AvgIpc) is 2.74. The third kappa shape index (κ3) is 4.65. The highest BCUT2D eigenvalue weighted by atomic mass is 16.6. The van der Waals surface area contributed by atoms with E-state index < -0.39 is 23.7 Å². The highest BCUT2D eigenvalue weighted by molar-refractivity contribution is 5.80. The van der Waals surface area contributed by atoms with Gasteiger partial charge in [-0.1, -0.05) is 0 Å². The van der Waals surface area contributed by atoms with Crippen LogP contribution in [0.25, 0.3) is 0 Å². The van der Waals surface area contributed by atoms with Crippen LogP contribution in [0.4, 0.5) is 4.79 Å². The Kier molecular flexibility index (Phi) is 4.58. The van der Waals surface area contributed by atoms with E-state index in [9.17, 15) is 14.7 Å². The first-order valence-corrected chi connectivity index (χ1v) is 5.90. The van der Waals surface area contributed by atoms with Gasteiger partial charge in [-0.2, -0.15) is 0 Å². The zero-order valence-corrected chi connectivity index (χ0v) is 11.5. The van der Waals surface area contributed by atoms with Crippen LogP contribution in [0.15, 0.2) is 23.0 Å². The van der Waals surface area contributed by atoms with Crippen LogP contribution in [0, 0.1) is 0 Å². The summed E-state index contributed by atoms with van der Waals surface area (Å²) < 4.78 is 10.0. The molecule has 0 radical (unpaired) electrons. The first-order chi connectivity index (χ1) is 8.70. The molecule has 0 aromatic carbocycles. The van der Waals surface area contributed by atoms with Gasteiger partial charge >= 0.3 is 12.1 Å². The lowest BCUT2D eigenvalue weighted by molar-refractivity contribution is -0.142. The van der Waals surface area contributed by atoms with Crippen molar-refractivity contribution >= 4 is 12.1 Å². The van der Waals surface area contributed by atoms with Gasteiger partial charge in [-0.25, -0.2) is 9.59 Å². The maximum atomic E-state index is 11.8. The normalized spacial score (nSPS) is 12.8. The Morgan fingerprint density at radius 1 is 1.47 bits per heavy atom. The van der Waals surface area contributed by atoms with Crippen molar-refractivity contribution in [1.82, 2.24) is 4.90 Å². The van der Waals surface area contributed by atoms with E-state index in [0.717, 1.165) is 4.90 Å². The highest BCUT2D eigenvalue weighted by Crippen LogP contribution is 2.14. The number of hydrogen-bond donors (Lipinski definition) is 1. The van der Waals surface area contributed by atoms with Crippen molar-refractivity contribution in [3.8, 4) is 0 Å². The monoisotopic (exact) mass is 269 g/mol. The first-order valence-electron chi connectivity index (χ1n) is 5.90. The van der Waals surface area contributed by atoms with Crippen molar-refractivity contribution in [1.29, 1.82) is 0 Å². The quantitative estimate of drug-likeness (QED) is 0.905. The zero-order valence-electron chi connectivity index (χ0n) is 11.5. The van der Waals surface area contributed by atoms with Gasteiger partial charge in [0.25, 0.3) is 0 Å². The molecule has 0 aliphatic heterocycles. The summed E-state index contributed by atoms with van der Waals surface area (Å²) >= 11 is 0. The zero-order chi connectivity index (χ0) is 14.6. The molecule has 1 rings (SSSR count). The number of carbonyl (C=O) groups is 2. The van der Waals surface area contributed by atoms with Crippen LogP contribution < -0.4 is 0 Å². The van der Waals surface area contributed by atoms with Crippen LogP contribution in [-0.2, 0) is 16.0 Å². The second-order valence-corrected chi connectivity index (χ2v) is 5.28. The Balaban J connectivity index is 2.76. The Morgan fingerprint density at radius 3 is 2.53 bits per heavy atom. The third-order valence-electron chi connectivity index (χ3n) is 2.44. The summed E-state index contributed by atoms with van der Waals surface area (Å²) in [5, 5.41) is 9.21. The van der Waals surface area contributed by atoms with Crippen molar-refractivity contribution < 1.29 is 23.8 Å². The molecule has 0 aliphatic rings. The number of carboxylic acids is 1. The minimum atomic E-state index is -1.09. The van der Waals surface area contributed by atoms with E-state index in [4.69, 9.17) is 9.15 Å². The molecule has 1 atom stereocenters.